The monoisotopic (exact) mass is 864 g/mol. The minimum atomic E-state index is -2.30. The molecule has 0 N–H and O–H groups in total. The van der Waals surface area contributed by atoms with Gasteiger partial charge in [0, 0.05) is 57.3 Å². The van der Waals surface area contributed by atoms with Crippen LogP contribution in [0.3, 0.4) is 0 Å². The molecular weight excluding hydrogens is 815 g/mol. The Bertz CT molecular complexity index is 2830. The zero-order valence-electron chi connectivity index (χ0n) is 38.0. The molecule has 5 heteroatoms. The summed E-state index contributed by atoms with van der Waals surface area (Å²) in [6.07, 6.45) is 7.17. The van der Waals surface area contributed by atoms with Gasteiger partial charge in [-0.2, -0.15) is 0 Å². The standard InChI is InChI=1S/C28H23N2O.C19H16N.Ir/c1-18-9-14-24-23-7-4-8-25(27(23)31-28(24)30-18)26-17-22(15-16-29-26)21-12-10-20(11-13-21)19-5-2-3-6-19;1-14-8-11-19(20-13-14)17-10-9-15(2)18(12-17)16-6-4-3-5-7-16;/h4,7,9-17,19H,2-3,5-6H2,1H3;3-9,11-13H,1-2H3;/q2*-1;/i1D3,19D;1D3,2D3;. The fraction of sp³-hybridized carbons (Fsp3) is 0.170. The summed E-state index contributed by atoms with van der Waals surface area (Å²) >= 11 is 0. The number of benzene rings is 4. The average molecular weight is 864 g/mol. The Balaban J connectivity index is 0.000000192. The largest absolute Gasteiger partial charge is 0.486 e. The van der Waals surface area contributed by atoms with Crippen LogP contribution < -0.4 is 0 Å². The van der Waals surface area contributed by atoms with Gasteiger partial charge in [0.2, 0.25) is 5.71 Å². The topological polar surface area (TPSA) is 51.8 Å². The SMILES string of the molecule is [2H]C([2H])([2H])c1ccc(-c2[c-]cc(C([2H])([2H])[2H])c(-c3ccccc3)c2)nc1.[2H]C([2H])([2H])c1ccc2c(n1)oc1c(-c3cc(-c4ccc(C5([2H])CCCC5)cc4)ccn3)[c-]ccc12.[Ir]. The van der Waals surface area contributed by atoms with Crippen LogP contribution in [-0.2, 0) is 20.1 Å². The van der Waals surface area contributed by atoms with E-state index in [1.54, 1.807) is 24.4 Å². The first-order valence-corrected chi connectivity index (χ1v) is 16.9. The van der Waals surface area contributed by atoms with E-state index in [1.165, 1.54) is 24.4 Å². The van der Waals surface area contributed by atoms with E-state index in [0.29, 0.717) is 33.7 Å². The van der Waals surface area contributed by atoms with Crippen LogP contribution in [0.15, 0.2) is 132 Å². The first kappa shape index (κ1) is 24.9. The van der Waals surface area contributed by atoms with E-state index < -0.39 is 26.4 Å². The summed E-state index contributed by atoms with van der Waals surface area (Å²) in [5, 5.41) is 1.60. The van der Waals surface area contributed by atoms with Crippen molar-refractivity contribution in [1.82, 2.24) is 15.0 Å². The van der Waals surface area contributed by atoms with Crippen molar-refractivity contribution >= 4 is 22.1 Å². The van der Waals surface area contributed by atoms with Gasteiger partial charge in [-0.05, 0) is 89.8 Å². The summed E-state index contributed by atoms with van der Waals surface area (Å²) in [5.41, 5.74) is 8.31. The molecule has 0 saturated heterocycles. The molecule has 0 aliphatic heterocycles. The third-order valence-corrected chi connectivity index (χ3v) is 9.22. The van der Waals surface area contributed by atoms with Crippen molar-refractivity contribution in [2.45, 2.75) is 52.1 Å². The Morgan fingerprint density at radius 2 is 1.62 bits per heavy atom. The first-order chi connectivity index (χ1) is 29.0. The number of nitrogens with zero attached hydrogens (tertiary/aromatic N) is 3. The van der Waals surface area contributed by atoms with Gasteiger partial charge >= 0.3 is 0 Å². The predicted molar refractivity (Wildman–Crippen MR) is 208 cm³/mol. The Hall–Kier alpha value is -5.22. The third kappa shape index (κ3) is 7.39. The molecule has 0 bridgehead atoms. The molecule has 52 heavy (non-hydrogen) atoms. The maximum atomic E-state index is 8.75. The molecule has 0 spiro atoms. The van der Waals surface area contributed by atoms with Crippen molar-refractivity contribution in [3.63, 3.8) is 0 Å². The van der Waals surface area contributed by atoms with E-state index in [2.05, 4.69) is 51.4 Å². The molecule has 1 aliphatic carbocycles. The van der Waals surface area contributed by atoms with Crippen LogP contribution in [0, 0.1) is 32.7 Å². The number of fused-ring (bicyclic) bond motifs is 3. The number of aryl methyl sites for hydroxylation is 3. The summed E-state index contributed by atoms with van der Waals surface area (Å²) in [6, 6.07) is 41.0. The summed E-state index contributed by atoms with van der Waals surface area (Å²) in [7, 11) is 0. The van der Waals surface area contributed by atoms with Gasteiger partial charge in [0.05, 0.1) is 5.58 Å². The van der Waals surface area contributed by atoms with Crippen molar-refractivity contribution in [1.29, 1.82) is 0 Å². The van der Waals surface area contributed by atoms with E-state index in [9.17, 15) is 0 Å². The minimum Gasteiger partial charge on any atom is -0.486 e. The molecule has 9 rings (SSSR count). The molecule has 1 fully saturated rings. The van der Waals surface area contributed by atoms with Gasteiger partial charge in [-0.3, -0.25) is 0 Å². The van der Waals surface area contributed by atoms with Crippen LogP contribution in [0.4, 0.5) is 0 Å². The van der Waals surface area contributed by atoms with Crippen LogP contribution >= 0.6 is 0 Å². The van der Waals surface area contributed by atoms with Crippen LogP contribution in [-0.4, -0.2) is 15.0 Å². The Labute approximate surface area is 333 Å². The van der Waals surface area contributed by atoms with E-state index in [4.69, 9.17) is 18.1 Å². The molecule has 4 nitrogen and oxygen atoms in total. The molecule has 8 aromatic rings. The van der Waals surface area contributed by atoms with Crippen LogP contribution in [0.2, 0.25) is 0 Å². The smallest absolute Gasteiger partial charge is 0.216 e. The summed E-state index contributed by atoms with van der Waals surface area (Å²) in [4.78, 5) is 13.0. The Morgan fingerprint density at radius 1 is 0.750 bits per heavy atom. The molecule has 1 aliphatic rings. The molecule has 0 amide bonds. The minimum absolute atomic E-state index is 0. The summed E-state index contributed by atoms with van der Waals surface area (Å²) in [6.45, 7) is -6.78. The van der Waals surface area contributed by atoms with E-state index >= 15 is 0 Å². The van der Waals surface area contributed by atoms with Crippen molar-refractivity contribution in [2.24, 2.45) is 0 Å². The number of aromatic nitrogens is 3. The number of hydrogen-bond acceptors (Lipinski definition) is 4. The maximum Gasteiger partial charge on any atom is 0.216 e. The predicted octanol–water partition coefficient (Wildman–Crippen LogP) is 12.3. The molecule has 4 aromatic heterocycles. The van der Waals surface area contributed by atoms with Crippen molar-refractivity contribution in [2.75, 3.05) is 0 Å². The Morgan fingerprint density at radius 3 is 2.38 bits per heavy atom. The normalized spacial score (nSPS) is 16.9. The van der Waals surface area contributed by atoms with Crippen molar-refractivity contribution in [3.05, 3.63) is 162 Å². The summed E-state index contributed by atoms with van der Waals surface area (Å²) in [5.74, 6) is -0.457. The molecule has 259 valence electrons. The van der Waals surface area contributed by atoms with Gasteiger partial charge < -0.3 is 14.4 Å². The average Bonchev–Trinajstić information content (AvgIpc) is 3.87. The summed E-state index contributed by atoms with van der Waals surface area (Å²) < 4.78 is 83.3. The number of furan rings is 1. The zero-order chi connectivity index (χ0) is 43.2. The second-order valence-corrected chi connectivity index (χ2v) is 12.5. The van der Waals surface area contributed by atoms with Gasteiger partial charge in [0.25, 0.3) is 0 Å². The molecule has 0 unspecified atom stereocenters. The third-order valence-electron chi connectivity index (χ3n) is 9.22. The van der Waals surface area contributed by atoms with E-state index in [1.807, 2.05) is 54.6 Å². The zero-order valence-corrected chi connectivity index (χ0v) is 30.4. The van der Waals surface area contributed by atoms with Crippen molar-refractivity contribution < 1.29 is 38.2 Å². The maximum absolute atomic E-state index is 8.75. The molecule has 1 saturated carbocycles. The van der Waals surface area contributed by atoms with E-state index in [-0.39, 0.29) is 42.6 Å². The van der Waals surface area contributed by atoms with Crippen LogP contribution in [0.1, 0.15) is 67.7 Å². The first-order valence-electron chi connectivity index (χ1n) is 21.9. The van der Waals surface area contributed by atoms with Crippen molar-refractivity contribution in [3.8, 4) is 44.8 Å². The van der Waals surface area contributed by atoms with Gasteiger partial charge in [0.1, 0.15) is 0 Å². The molecular formula is C47H39IrN3O-2. The quantitative estimate of drug-likeness (QED) is 0.162. The molecule has 4 aromatic carbocycles. The van der Waals surface area contributed by atoms with Gasteiger partial charge in [0.15, 0.2) is 0 Å². The van der Waals surface area contributed by atoms with Gasteiger partial charge in [-0.25, -0.2) is 4.98 Å². The fourth-order valence-electron chi connectivity index (χ4n) is 6.60. The van der Waals surface area contributed by atoms with Gasteiger partial charge in [-0.1, -0.05) is 109 Å². The Kier molecular flexibility index (Phi) is 7.45. The van der Waals surface area contributed by atoms with E-state index in [0.717, 1.165) is 58.7 Å². The van der Waals surface area contributed by atoms with Crippen LogP contribution in [0.25, 0.3) is 66.8 Å². The van der Waals surface area contributed by atoms with Crippen LogP contribution in [0.5, 0.6) is 0 Å². The van der Waals surface area contributed by atoms with Gasteiger partial charge in [-0.15, -0.1) is 47.5 Å². The molecule has 1 radical (unpaired) electrons. The number of rotatable bonds is 5. The second-order valence-electron chi connectivity index (χ2n) is 12.5. The fourth-order valence-corrected chi connectivity index (χ4v) is 6.60. The number of pyridine rings is 3. The number of hydrogen-bond donors (Lipinski definition) is 0. The molecule has 0 atom stereocenters. The second kappa shape index (κ2) is 15.6. The molecule has 4 heterocycles.